The Morgan fingerprint density at radius 3 is 1.66 bits per heavy atom. The fraction of sp³-hybridized carbons (Fsp3) is 0.600. The van der Waals surface area contributed by atoms with Gasteiger partial charge in [-0.25, -0.2) is 23.0 Å². The SMILES string of the molecule is CNC(=O)OS/N=C(\C)OC.CS/C(C)=N\OC(=O)N(C)SN(C)C(=O)O/N=C(/C)SC. The number of carbonyl (C=O) groups is 3. The molecule has 0 saturated carbocycles. The first-order valence-corrected chi connectivity index (χ1v) is 12.3. The van der Waals surface area contributed by atoms with E-state index in [1.165, 1.54) is 51.8 Å². The number of rotatable bonds is 6. The summed E-state index contributed by atoms with van der Waals surface area (Å²) in [5.41, 5.74) is 0. The molecule has 0 saturated heterocycles. The van der Waals surface area contributed by atoms with E-state index >= 15 is 0 Å². The quantitative estimate of drug-likeness (QED) is 0.132. The summed E-state index contributed by atoms with van der Waals surface area (Å²) in [7, 11) is 5.84. The van der Waals surface area contributed by atoms with Crippen LogP contribution in [0.1, 0.15) is 20.8 Å². The van der Waals surface area contributed by atoms with E-state index in [2.05, 4.69) is 38.6 Å². The lowest BCUT2D eigenvalue weighted by atomic mass is 10.8. The molecule has 0 fully saturated rings. The van der Waals surface area contributed by atoms with Crippen LogP contribution in [0.5, 0.6) is 0 Å². The number of hydrogen-bond acceptors (Lipinski definition) is 14. The average molecular weight is 533 g/mol. The Balaban J connectivity index is 0. The van der Waals surface area contributed by atoms with E-state index in [0.717, 1.165) is 20.7 Å². The van der Waals surface area contributed by atoms with Gasteiger partial charge < -0.3 is 14.2 Å². The van der Waals surface area contributed by atoms with E-state index in [4.69, 9.17) is 0 Å². The molecule has 3 amide bonds. The summed E-state index contributed by atoms with van der Waals surface area (Å²) in [6.45, 7) is 5.07. The molecule has 0 radical (unpaired) electrons. The number of nitrogens with zero attached hydrogens (tertiary/aromatic N) is 5. The topological polar surface area (TPSA) is 144 Å². The van der Waals surface area contributed by atoms with E-state index in [-0.39, 0.29) is 0 Å². The van der Waals surface area contributed by atoms with Gasteiger partial charge in [-0.1, -0.05) is 10.3 Å². The molecule has 13 nitrogen and oxygen atoms in total. The molecule has 0 aromatic carbocycles. The molecule has 32 heavy (non-hydrogen) atoms. The summed E-state index contributed by atoms with van der Waals surface area (Å²) in [6, 6.07) is 0. The van der Waals surface area contributed by atoms with Gasteiger partial charge in [-0.15, -0.1) is 27.9 Å². The number of nitrogens with one attached hydrogen (secondary N) is 1. The summed E-state index contributed by atoms with van der Waals surface area (Å²) >= 11 is 4.18. The van der Waals surface area contributed by atoms with Crippen molar-refractivity contribution in [2.75, 3.05) is 40.8 Å². The smallest absolute Gasteiger partial charge is 0.447 e. The second kappa shape index (κ2) is 19.7. The number of hydrogen-bond donors (Lipinski definition) is 1. The number of thioether (sulfide) groups is 2. The van der Waals surface area contributed by atoms with Gasteiger partial charge in [0.1, 0.15) is 10.1 Å². The second-order valence-electron chi connectivity index (χ2n) is 4.93. The monoisotopic (exact) mass is 532 g/mol. The van der Waals surface area contributed by atoms with Crippen LogP contribution >= 0.6 is 47.9 Å². The number of amides is 3. The molecule has 0 aliphatic carbocycles. The first-order chi connectivity index (χ1) is 15.0. The molecule has 0 aliphatic rings. The maximum absolute atomic E-state index is 11.6. The van der Waals surface area contributed by atoms with Gasteiger partial charge >= 0.3 is 18.3 Å². The summed E-state index contributed by atoms with van der Waals surface area (Å²) in [5.74, 6) is 0.443. The van der Waals surface area contributed by atoms with Crippen LogP contribution in [0.3, 0.4) is 0 Å². The predicted molar refractivity (Wildman–Crippen MR) is 133 cm³/mol. The van der Waals surface area contributed by atoms with E-state index in [9.17, 15) is 14.4 Å². The third-order valence-corrected chi connectivity index (χ3v) is 5.31. The summed E-state index contributed by atoms with van der Waals surface area (Å²) in [5, 5.41) is 10.7. The number of carbonyl (C=O) groups excluding carboxylic acids is 3. The minimum absolute atomic E-state index is 0.443. The largest absolute Gasteiger partial charge is 0.484 e. The van der Waals surface area contributed by atoms with Crippen LogP contribution in [-0.4, -0.2) is 83.6 Å². The molecule has 0 spiro atoms. The minimum atomic E-state index is -0.711. The molecule has 0 heterocycles. The number of ether oxygens (including phenoxy) is 1. The standard InChI is InChI=1S/C10H18N4O4S3.C5H10N2O3S/c1-7(19-5)11-17-9(15)13(3)21-14(4)10(16)18-12-8(2)20-6;1-4(9-3)7-11-10-5(8)6-2/h1-6H3;1-3H3,(H,6,8)/b11-7-,12-8-;7-4+. The molecule has 0 atom stereocenters. The Morgan fingerprint density at radius 2 is 1.31 bits per heavy atom. The van der Waals surface area contributed by atoms with Crippen molar-refractivity contribution in [1.82, 2.24) is 13.9 Å². The van der Waals surface area contributed by atoms with Gasteiger partial charge in [0.25, 0.3) is 0 Å². The van der Waals surface area contributed by atoms with Gasteiger partial charge in [-0.3, -0.25) is 9.68 Å². The number of methoxy groups -OCH3 is 1. The molecule has 1 N–H and O–H groups in total. The highest BCUT2D eigenvalue weighted by atomic mass is 32.2. The lowest BCUT2D eigenvalue weighted by molar-refractivity contribution is 0.131. The predicted octanol–water partition coefficient (Wildman–Crippen LogP) is 4.05. The zero-order chi connectivity index (χ0) is 25.1. The zero-order valence-electron chi connectivity index (χ0n) is 19.2. The summed E-state index contributed by atoms with van der Waals surface area (Å²) in [6.07, 6.45) is 1.66. The molecule has 17 heteroatoms. The van der Waals surface area contributed by atoms with Gasteiger partial charge in [-0.2, -0.15) is 0 Å². The third kappa shape index (κ3) is 17.7. The van der Waals surface area contributed by atoms with Gasteiger partial charge in [0, 0.05) is 28.1 Å². The Morgan fingerprint density at radius 1 is 0.875 bits per heavy atom. The second-order valence-corrected chi connectivity index (χ2v) is 8.68. The van der Waals surface area contributed by atoms with Crippen LogP contribution in [0.2, 0.25) is 0 Å². The van der Waals surface area contributed by atoms with Gasteiger partial charge in [0.2, 0.25) is 12.2 Å². The lowest BCUT2D eigenvalue weighted by Crippen LogP contribution is -2.28. The molecular weight excluding hydrogens is 504 g/mol. The van der Waals surface area contributed by atoms with Crippen LogP contribution in [0.15, 0.2) is 14.7 Å². The Bertz CT molecular complexity index is 655. The Kier molecular flexibility index (Phi) is 19.8. The normalized spacial score (nSPS) is 11.5. The van der Waals surface area contributed by atoms with Crippen LogP contribution in [0.25, 0.3) is 0 Å². The number of oxime groups is 2. The van der Waals surface area contributed by atoms with Crippen molar-refractivity contribution in [3.63, 3.8) is 0 Å². The first-order valence-electron chi connectivity index (χ1n) is 8.40. The van der Waals surface area contributed by atoms with Crippen molar-refractivity contribution in [2.45, 2.75) is 20.8 Å². The Hall–Kier alpha value is -1.98. The van der Waals surface area contributed by atoms with E-state index < -0.39 is 18.3 Å². The Labute approximate surface area is 205 Å². The van der Waals surface area contributed by atoms with Crippen molar-refractivity contribution >= 4 is 82.2 Å². The van der Waals surface area contributed by atoms with Crippen LogP contribution in [0.4, 0.5) is 14.4 Å². The molecule has 0 unspecified atom stereocenters. The maximum atomic E-state index is 11.6. The zero-order valence-corrected chi connectivity index (χ0v) is 22.5. The molecular formula is C15H28N6O7S4. The van der Waals surface area contributed by atoms with E-state index in [1.807, 2.05) is 12.5 Å². The average Bonchev–Trinajstić information content (AvgIpc) is 2.79. The highest BCUT2D eigenvalue weighted by Crippen LogP contribution is 2.15. The van der Waals surface area contributed by atoms with Crippen molar-refractivity contribution in [3.8, 4) is 0 Å². The summed E-state index contributed by atoms with van der Waals surface area (Å²) in [4.78, 5) is 43.0. The van der Waals surface area contributed by atoms with Crippen molar-refractivity contribution < 1.29 is 33.0 Å². The van der Waals surface area contributed by atoms with Crippen LogP contribution in [-0.2, 0) is 18.6 Å². The highest BCUT2D eigenvalue weighted by Gasteiger charge is 2.19. The lowest BCUT2D eigenvalue weighted by Gasteiger charge is -2.19. The molecule has 184 valence electrons. The summed E-state index contributed by atoms with van der Waals surface area (Å²) < 4.78 is 15.0. The molecule has 0 bridgehead atoms. The third-order valence-electron chi connectivity index (χ3n) is 2.63. The highest BCUT2D eigenvalue weighted by molar-refractivity contribution is 8.13. The minimum Gasteiger partial charge on any atom is -0.484 e. The fourth-order valence-electron chi connectivity index (χ4n) is 0.830. The molecule has 0 rings (SSSR count). The van der Waals surface area contributed by atoms with Gasteiger partial charge in [-0.05, 0) is 26.4 Å². The maximum Gasteiger partial charge on any atom is 0.447 e. The van der Waals surface area contributed by atoms with E-state index in [0.29, 0.717) is 28.2 Å². The van der Waals surface area contributed by atoms with Crippen molar-refractivity contribution in [2.24, 2.45) is 14.7 Å². The van der Waals surface area contributed by atoms with Crippen LogP contribution in [0, 0.1) is 0 Å². The fourth-order valence-corrected chi connectivity index (χ4v) is 1.99. The van der Waals surface area contributed by atoms with Crippen LogP contribution < -0.4 is 5.32 Å². The van der Waals surface area contributed by atoms with Crippen molar-refractivity contribution in [3.05, 3.63) is 0 Å². The van der Waals surface area contributed by atoms with Crippen molar-refractivity contribution in [1.29, 1.82) is 0 Å². The molecule has 0 aromatic heterocycles. The van der Waals surface area contributed by atoms with Gasteiger partial charge in [0.15, 0.2) is 5.90 Å². The first kappa shape index (κ1) is 32.2. The van der Waals surface area contributed by atoms with E-state index in [1.54, 1.807) is 20.8 Å². The van der Waals surface area contributed by atoms with Gasteiger partial charge in [0.05, 0.1) is 19.2 Å². The molecule has 0 aliphatic heterocycles. The molecule has 0 aromatic rings.